The van der Waals surface area contributed by atoms with Crippen molar-refractivity contribution < 1.29 is 22.7 Å². The summed E-state index contributed by atoms with van der Waals surface area (Å²) in [7, 11) is 0. The summed E-state index contributed by atoms with van der Waals surface area (Å²) in [6.45, 7) is 1.99. The molecule has 0 aromatic heterocycles. The Morgan fingerprint density at radius 3 is 2.84 bits per heavy atom. The molecule has 0 aliphatic carbocycles. The van der Waals surface area contributed by atoms with Gasteiger partial charge in [-0.25, -0.2) is 0 Å². The first-order valence-corrected chi connectivity index (χ1v) is 6.32. The fraction of sp³-hybridized carbons (Fsp3) is 0.750. The van der Waals surface area contributed by atoms with Crippen LogP contribution in [0.1, 0.15) is 12.8 Å². The van der Waals surface area contributed by atoms with Crippen molar-refractivity contribution in [2.24, 2.45) is 0 Å². The molecule has 1 amide bonds. The highest BCUT2D eigenvalue weighted by atomic mass is 19.4. The second-order valence-electron chi connectivity index (χ2n) is 4.75. The van der Waals surface area contributed by atoms with E-state index in [9.17, 15) is 18.0 Å². The molecular formula is C12H17F3N2O2. The Morgan fingerprint density at radius 1 is 1.53 bits per heavy atom. The molecule has 108 valence electrons. The lowest BCUT2D eigenvalue weighted by Gasteiger charge is -2.30. The van der Waals surface area contributed by atoms with Crippen LogP contribution in [0.3, 0.4) is 0 Å². The summed E-state index contributed by atoms with van der Waals surface area (Å²) in [6, 6.07) is -0.0331. The van der Waals surface area contributed by atoms with Crippen LogP contribution in [0, 0.1) is 0 Å². The normalized spacial score (nSPS) is 25.1. The van der Waals surface area contributed by atoms with Gasteiger partial charge in [0.15, 0.2) is 0 Å². The van der Waals surface area contributed by atoms with E-state index in [4.69, 9.17) is 4.74 Å². The quantitative estimate of drug-likeness (QED) is 0.769. The number of hydrogen-bond acceptors (Lipinski definition) is 3. The van der Waals surface area contributed by atoms with Crippen LogP contribution < -0.4 is 5.32 Å². The lowest BCUT2D eigenvalue weighted by atomic mass is 10.1. The molecule has 0 saturated carbocycles. The number of alkyl halides is 3. The number of amides is 1. The Balaban J connectivity index is 1.83. The van der Waals surface area contributed by atoms with E-state index < -0.39 is 11.7 Å². The third kappa shape index (κ3) is 3.94. The van der Waals surface area contributed by atoms with E-state index in [1.165, 1.54) is 4.90 Å². The number of hydrogen-bond donors (Lipinski definition) is 1. The number of rotatable bonds is 2. The first-order chi connectivity index (χ1) is 8.97. The summed E-state index contributed by atoms with van der Waals surface area (Å²) in [6.07, 6.45) is -3.01. The van der Waals surface area contributed by atoms with Gasteiger partial charge < -0.3 is 15.0 Å². The molecule has 2 aliphatic heterocycles. The van der Waals surface area contributed by atoms with Crippen LogP contribution in [0.4, 0.5) is 13.2 Å². The predicted octanol–water partition coefficient (Wildman–Crippen LogP) is 1.09. The Hall–Kier alpha value is -1.08. The minimum atomic E-state index is -4.27. The van der Waals surface area contributed by atoms with E-state index in [1.54, 1.807) is 0 Å². The van der Waals surface area contributed by atoms with Crippen molar-refractivity contribution in [3.63, 3.8) is 0 Å². The van der Waals surface area contributed by atoms with E-state index in [0.29, 0.717) is 19.8 Å². The van der Waals surface area contributed by atoms with Crippen molar-refractivity contribution in [2.75, 3.05) is 32.8 Å². The molecule has 0 radical (unpaired) electrons. The summed E-state index contributed by atoms with van der Waals surface area (Å²) in [5.74, 6) is -0.125. The largest absolute Gasteiger partial charge is 0.412 e. The molecule has 2 rings (SSSR count). The smallest absolute Gasteiger partial charge is 0.378 e. The highest BCUT2D eigenvalue weighted by Crippen LogP contribution is 2.30. The van der Waals surface area contributed by atoms with Gasteiger partial charge in [0.2, 0.25) is 5.91 Å². The molecule has 1 fully saturated rings. The van der Waals surface area contributed by atoms with E-state index in [0.717, 1.165) is 6.08 Å². The zero-order valence-corrected chi connectivity index (χ0v) is 10.5. The molecule has 1 saturated heterocycles. The lowest BCUT2D eigenvalue weighted by Crippen LogP contribution is -2.46. The van der Waals surface area contributed by atoms with Gasteiger partial charge in [-0.1, -0.05) is 6.08 Å². The van der Waals surface area contributed by atoms with Gasteiger partial charge >= 0.3 is 6.18 Å². The van der Waals surface area contributed by atoms with Crippen molar-refractivity contribution in [1.82, 2.24) is 10.2 Å². The minimum absolute atomic E-state index is 0.0331. The van der Waals surface area contributed by atoms with E-state index >= 15 is 0 Å². The zero-order valence-electron chi connectivity index (χ0n) is 10.5. The molecular weight excluding hydrogens is 261 g/mol. The first kappa shape index (κ1) is 14.3. The van der Waals surface area contributed by atoms with Crippen LogP contribution in [-0.2, 0) is 9.53 Å². The fourth-order valence-corrected chi connectivity index (χ4v) is 2.24. The van der Waals surface area contributed by atoms with Crippen LogP contribution >= 0.6 is 0 Å². The average Bonchev–Trinajstić information content (AvgIpc) is 2.39. The summed E-state index contributed by atoms with van der Waals surface area (Å²) in [5.41, 5.74) is -0.532. The third-order valence-corrected chi connectivity index (χ3v) is 3.35. The van der Waals surface area contributed by atoms with E-state index in [1.807, 2.05) is 0 Å². The summed E-state index contributed by atoms with van der Waals surface area (Å²) in [5, 5.41) is 3.15. The van der Waals surface area contributed by atoms with Gasteiger partial charge in [-0.3, -0.25) is 4.79 Å². The monoisotopic (exact) mass is 278 g/mol. The Kier molecular flexibility index (Phi) is 4.46. The number of halogens is 3. The molecule has 0 bridgehead atoms. The predicted molar refractivity (Wildman–Crippen MR) is 62.6 cm³/mol. The van der Waals surface area contributed by atoms with Gasteiger partial charge in [-0.15, -0.1) is 0 Å². The Bertz CT molecular complexity index is 362. The maximum atomic E-state index is 12.4. The molecule has 0 spiro atoms. The van der Waals surface area contributed by atoms with Crippen LogP contribution in [0.25, 0.3) is 0 Å². The molecule has 0 aromatic carbocycles. The van der Waals surface area contributed by atoms with Crippen molar-refractivity contribution in [3.05, 3.63) is 11.6 Å². The van der Waals surface area contributed by atoms with Gasteiger partial charge in [0, 0.05) is 37.7 Å². The minimum Gasteiger partial charge on any atom is -0.378 e. The topological polar surface area (TPSA) is 41.6 Å². The molecule has 4 nitrogen and oxygen atoms in total. The number of nitrogens with one attached hydrogen (secondary N) is 1. The first-order valence-electron chi connectivity index (χ1n) is 6.32. The van der Waals surface area contributed by atoms with Crippen molar-refractivity contribution in [2.45, 2.75) is 25.1 Å². The van der Waals surface area contributed by atoms with Crippen molar-refractivity contribution in [3.8, 4) is 0 Å². The highest BCUT2D eigenvalue weighted by molar-refractivity contribution is 5.77. The van der Waals surface area contributed by atoms with Gasteiger partial charge in [-0.05, 0) is 6.42 Å². The number of nitrogens with zero attached hydrogens (tertiary/aromatic N) is 1. The van der Waals surface area contributed by atoms with E-state index in [-0.39, 0.29) is 37.9 Å². The van der Waals surface area contributed by atoms with Gasteiger partial charge in [0.25, 0.3) is 0 Å². The SMILES string of the molecule is O=C(CC1COCCN1)N1CC=C(C(F)(F)F)CC1. The second kappa shape index (κ2) is 5.92. The summed E-state index contributed by atoms with van der Waals surface area (Å²) in [4.78, 5) is 13.4. The molecule has 19 heavy (non-hydrogen) atoms. The lowest BCUT2D eigenvalue weighted by molar-refractivity contribution is -0.133. The summed E-state index contributed by atoms with van der Waals surface area (Å²) < 4.78 is 42.6. The van der Waals surface area contributed by atoms with Crippen LogP contribution in [0.2, 0.25) is 0 Å². The molecule has 2 aliphatic rings. The maximum Gasteiger partial charge on any atom is 0.412 e. The highest BCUT2D eigenvalue weighted by Gasteiger charge is 2.35. The number of carbonyl (C=O) groups is 1. The van der Waals surface area contributed by atoms with Crippen LogP contribution in [-0.4, -0.2) is 55.9 Å². The maximum absolute atomic E-state index is 12.4. The number of carbonyl (C=O) groups excluding carboxylic acids is 1. The zero-order chi connectivity index (χ0) is 13.9. The van der Waals surface area contributed by atoms with Gasteiger partial charge in [-0.2, -0.15) is 13.2 Å². The average molecular weight is 278 g/mol. The third-order valence-electron chi connectivity index (χ3n) is 3.35. The molecule has 1 atom stereocenters. The standard InChI is InChI=1S/C12H17F3N2O2/c13-12(14,15)9-1-4-17(5-2-9)11(18)7-10-8-19-6-3-16-10/h1,10,16H,2-8H2. The molecule has 0 aromatic rings. The molecule has 1 unspecified atom stereocenters. The van der Waals surface area contributed by atoms with Crippen molar-refractivity contribution in [1.29, 1.82) is 0 Å². The number of morpholine rings is 1. The molecule has 2 heterocycles. The summed E-state index contributed by atoms with van der Waals surface area (Å²) >= 11 is 0. The van der Waals surface area contributed by atoms with Gasteiger partial charge in [0.05, 0.1) is 13.2 Å². The van der Waals surface area contributed by atoms with Crippen molar-refractivity contribution >= 4 is 5.91 Å². The number of ether oxygens (including phenoxy) is 1. The second-order valence-corrected chi connectivity index (χ2v) is 4.75. The van der Waals surface area contributed by atoms with Crippen LogP contribution in [0.15, 0.2) is 11.6 Å². The Morgan fingerprint density at radius 2 is 2.32 bits per heavy atom. The van der Waals surface area contributed by atoms with Crippen LogP contribution in [0.5, 0.6) is 0 Å². The Labute approximate surface area is 109 Å². The molecule has 7 heteroatoms. The van der Waals surface area contributed by atoms with Gasteiger partial charge in [0.1, 0.15) is 0 Å². The molecule has 1 N–H and O–H groups in total. The van der Waals surface area contributed by atoms with E-state index in [2.05, 4.69) is 5.32 Å². The fourth-order valence-electron chi connectivity index (χ4n) is 2.24.